The molecule has 1 heterocycles. The molecule has 38 heavy (non-hydrogen) atoms. The Balaban J connectivity index is 1.28. The summed E-state index contributed by atoms with van der Waals surface area (Å²) in [6, 6.07) is 25.2. The predicted molar refractivity (Wildman–Crippen MR) is 142 cm³/mol. The molecule has 1 unspecified atom stereocenters. The van der Waals surface area contributed by atoms with E-state index in [-0.39, 0.29) is 24.8 Å². The van der Waals surface area contributed by atoms with Crippen molar-refractivity contribution in [2.24, 2.45) is 0 Å². The summed E-state index contributed by atoms with van der Waals surface area (Å²) in [6.45, 7) is 1.53. The van der Waals surface area contributed by atoms with E-state index in [0.29, 0.717) is 44.0 Å². The monoisotopic (exact) mass is 516 g/mol. The molecule has 1 atom stereocenters. The topological polar surface area (TPSA) is 94.2 Å². The summed E-state index contributed by atoms with van der Waals surface area (Å²) >= 11 is 0. The molecule has 198 valence electrons. The second kappa shape index (κ2) is 13.8. The van der Waals surface area contributed by atoms with Crippen molar-refractivity contribution in [2.75, 3.05) is 32.9 Å². The fraction of sp³-hybridized carbons (Fsp3) is 0.300. The molecular weight excluding hydrogens is 484 g/mol. The number of amides is 2. The van der Waals surface area contributed by atoms with Gasteiger partial charge in [-0.1, -0.05) is 54.6 Å². The van der Waals surface area contributed by atoms with Crippen molar-refractivity contribution < 1.29 is 28.6 Å². The quantitative estimate of drug-likeness (QED) is 0.292. The molecule has 1 saturated heterocycles. The summed E-state index contributed by atoms with van der Waals surface area (Å²) in [5.41, 5.74) is 1.55. The van der Waals surface area contributed by atoms with Crippen LogP contribution in [0.1, 0.15) is 28.8 Å². The molecule has 0 bridgehead atoms. The molecule has 3 aromatic rings. The SMILES string of the molecule is O=C(CC1C(=O)NCCN1C(=O)c1cccc(OCCOc2ccccc2)c1)OCCCc1ccccc1. The van der Waals surface area contributed by atoms with Crippen molar-refractivity contribution in [3.8, 4) is 11.5 Å². The van der Waals surface area contributed by atoms with Crippen molar-refractivity contribution in [2.45, 2.75) is 25.3 Å². The Morgan fingerprint density at radius 3 is 2.29 bits per heavy atom. The van der Waals surface area contributed by atoms with Crippen LogP contribution in [0.2, 0.25) is 0 Å². The molecule has 0 saturated carbocycles. The van der Waals surface area contributed by atoms with Gasteiger partial charge in [0.2, 0.25) is 5.91 Å². The van der Waals surface area contributed by atoms with Gasteiger partial charge in [0, 0.05) is 18.7 Å². The van der Waals surface area contributed by atoms with Crippen LogP contribution in [0.25, 0.3) is 0 Å². The Morgan fingerprint density at radius 1 is 0.842 bits per heavy atom. The number of hydrogen-bond acceptors (Lipinski definition) is 6. The highest BCUT2D eigenvalue weighted by atomic mass is 16.5. The van der Waals surface area contributed by atoms with E-state index < -0.39 is 12.0 Å². The van der Waals surface area contributed by atoms with E-state index in [0.717, 1.165) is 12.2 Å². The van der Waals surface area contributed by atoms with Crippen molar-refractivity contribution >= 4 is 17.8 Å². The largest absolute Gasteiger partial charge is 0.490 e. The highest BCUT2D eigenvalue weighted by Crippen LogP contribution is 2.19. The number of rotatable bonds is 12. The number of carbonyl (C=O) groups excluding carboxylic acids is 3. The smallest absolute Gasteiger partial charge is 0.308 e. The van der Waals surface area contributed by atoms with Gasteiger partial charge in [0.1, 0.15) is 30.8 Å². The first-order chi connectivity index (χ1) is 18.6. The number of carbonyl (C=O) groups is 3. The van der Waals surface area contributed by atoms with Gasteiger partial charge in [-0.25, -0.2) is 0 Å². The van der Waals surface area contributed by atoms with Crippen LogP contribution in [0.3, 0.4) is 0 Å². The number of ether oxygens (including phenoxy) is 3. The number of aryl methyl sites for hydroxylation is 1. The number of hydrogen-bond donors (Lipinski definition) is 1. The van der Waals surface area contributed by atoms with Crippen LogP contribution in [0.15, 0.2) is 84.9 Å². The standard InChI is InChI=1S/C30H32N2O6/c33-28(38-18-8-11-23-9-3-1-4-10-23)22-27-29(34)31-16-17-32(27)30(35)24-12-7-15-26(21-24)37-20-19-36-25-13-5-2-6-14-25/h1-7,9-10,12-15,21,27H,8,11,16-20,22H2,(H,31,34). The molecule has 2 amide bonds. The average molecular weight is 517 g/mol. The van der Waals surface area contributed by atoms with E-state index in [4.69, 9.17) is 14.2 Å². The maximum Gasteiger partial charge on any atom is 0.308 e. The molecule has 0 radical (unpaired) electrons. The number of nitrogens with one attached hydrogen (secondary N) is 1. The average Bonchev–Trinajstić information content (AvgIpc) is 2.95. The Labute approximate surface area is 222 Å². The van der Waals surface area contributed by atoms with Gasteiger partial charge in [-0.15, -0.1) is 0 Å². The number of benzene rings is 3. The molecule has 0 aliphatic carbocycles. The van der Waals surface area contributed by atoms with E-state index in [1.54, 1.807) is 24.3 Å². The second-order valence-corrected chi connectivity index (χ2v) is 8.86. The number of para-hydroxylation sites is 1. The molecular formula is C30H32N2O6. The summed E-state index contributed by atoms with van der Waals surface area (Å²) in [5.74, 6) is 0.0601. The number of nitrogens with zero attached hydrogens (tertiary/aromatic N) is 1. The Hall–Kier alpha value is -4.33. The van der Waals surface area contributed by atoms with Gasteiger partial charge in [-0.2, -0.15) is 0 Å². The van der Waals surface area contributed by atoms with Crippen molar-refractivity contribution in [3.63, 3.8) is 0 Å². The van der Waals surface area contributed by atoms with Gasteiger partial charge in [-0.05, 0) is 48.7 Å². The lowest BCUT2D eigenvalue weighted by atomic mass is 10.1. The van der Waals surface area contributed by atoms with Crippen LogP contribution in [0.5, 0.6) is 11.5 Å². The van der Waals surface area contributed by atoms with Crippen LogP contribution >= 0.6 is 0 Å². The maximum absolute atomic E-state index is 13.3. The molecule has 8 heteroatoms. The zero-order valence-corrected chi connectivity index (χ0v) is 21.2. The molecule has 0 spiro atoms. The third-order valence-electron chi connectivity index (χ3n) is 6.11. The second-order valence-electron chi connectivity index (χ2n) is 8.86. The first-order valence-corrected chi connectivity index (χ1v) is 12.8. The highest BCUT2D eigenvalue weighted by Gasteiger charge is 2.35. The first kappa shape index (κ1) is 26.7. The summed E-state index contributed by atoms with van der Waals surface area (Å²) in [4.78, 5) is 39.9. The Bertz CT molecular complexity index is 1200. The zero-order valence-electron chi connectivity index (χ0n) is 21.2. The number of esters is 1. The summed E-state index contributed by atoms with van der Waals surface area (Å²) in [7, 11) is 0. The van der Waals surface area contributed by atoms with Crippen molar-refractivity contribution in [1.82, 2.24) is 10.2 Å². The predicted octanol–water partition coefficient (Wildman–Crippen LogP) is 3.65. The molecule has 4 rings (SSSR count). The highest BCUT2D eigenvalue weighted by molar-refractivity contribution is 5.99. The summed E-state index contributed by atoms with van der Waals surface area (Å²) in [6.07, 6.45) is 1.27. The summed E-state index contributed by atoms with van der Waals surface area (Å²) < 4.78 is 16.8. The Kier molecular flexibility index (Phi) is 9.73. The molecule has 8 nitrogen and oxygen atoms in total. The van der Waals surface area contributed by atoms with E-state index in [9.17, 15) is 14.4 Å². The van der Waals surface area contributed by atoms with Gasteiger partial charge in [-0.3, -0.25) is 14.4 Å². The normalized spacial score (nSPS) is 14.9. The van der Waals surface area contributed by atoms with Crippen LogP contribution < -0.4 is 14.8 Å². The van der Waals surface area contributed by atoms with Gasteiger partial charge < -0.3 is 24.4 Å². The lowest BCUT2D eigenvalue weighted by Crippen LogP contribution is -2.57. The van der Waals surface area contributed by atoms with Gasteiger partial charge in [0.05, 0.1) is 13.0 Å². The zero-order chi connectivity index (χ0) is 26.6. The molecule has 3 aromatic carbocycles. The van der Waals surface area contributed by atoms with Crippen LogP contribution in [-0.2, 0) is 20.7 Å². The minimum absolute atomic E-state index is 0.198. The van der Waals surface area contributed by atoms with Crippen molar-refractivity contribution in [3.05, 3.63) is 96.1 Å². The summed E-state index contributed by atoms with van der Waals surface area (Å²) in [5, 5.41) is 2.74. The van der Waals surface area contributed by atoms with Crippen molar-refractivity contribution in [1.29, 1.82) is 0 Å². The lowest BCUT2D eigenvalue weighted by Gasteiger charge is -2.34. The Morgan fingerprint density at radius 2 is 1.53 bits per heavy atom. The van der Waals surface area contributed by atoms with Crippen LogP contribution in [-0.4, -0.2) is 61.6 Å². The van der Waals surface area contributed by atoms with E-state index in [1.165, 1.54) is 10.5 Å². The third-order valence-corrected chi connectivity index (χ3v) is 6.11. The fourth-order valence-corrected chi connectivity index (χ4v) is 4.20. The number of piperazine rings is 1. The first-order valence-electron chi connectivity index (χ1n) is 12.8. The lowest BCUT2D eigenvalue weighted by molar-refractivity contribution is -0.147. The van der Waals surface area contributed by atoms with Crippen LogP contribution in [0, 0.1) is 0 Å². The fourth-order valence-electron chi connectivity index (χ4n) is 4.20. The third kappa shape index (κ3) is 7.83. The minimum atomic E-state index is -0.929. The molecule has 1 fully saturated rings. The molecule has 1 aliphatic heterocycles. The van der Waals surface area contributed by atoms with E-state index >= 15 is 0 Å². The van der Waals surface area contributed by atoms with Crippen LogP contribution in [0.4, 0.5) is 0 Å². The molecule has 1 aliphatic rings. The van der Waals surface area contributed by atoms with E-state index in [2.05, 4.69) is 5.32 Å². The van der Waals surface area contributed by atoms with Gasteiger partial charge in [0.25, 0.3) is 5.91 Å². The maximum atomic E-state index is 13.3. The molecule has 1 N–H and O–H groups in total. The minimum Gasteiger partial charge on any atom is -0.490 e. The van der Waals surface area contributed by atoms with E-state index in [1.807, 2.05) is 60.7 Å². The van der Waals surface area contributed by atoms with Gasteiger partial charge >= 0.3 is 5.97 Å². The van der Waals surface area contributed by atoms with Gasteiger partial charge in [0.15, 0.2) is 0 Å². The molecule has 0 aromatic heterocycles.